The third-order valence-electron chi connectivity index (χ3n) is 0.614. The standard InChI is InChI=1S/C5H8O4/c1-4(7)9-3-5(8)2-6/h2,5,8H,3H2,1H3. The number of hydrogen-bond donors (Lipinski definition) is 1. The van der Waals surface area contributed by atoms with Gasteiger partial charge in [-0.25, -0.2) is 0 Å². The van der Waals surface area contributed by atoms with Crippen molar-refractivity contribution in [1.82, 2.24) is 0 Å². The average molecular weight is 132 g/mol. The summed E-state index contributed by atoms with van der Waals surface area (Å²) < 4.78 is 4.27. The first-order valence-corrected chi connectivity index (χ1v) is 2.43. The Balaban J connectivity index is 3.26. The zero-order valence-electron chi connectivity index (χ0n) is 5.03. The topological polar surface area (TPSA) is 63.6 Å². The molecule has 4 heteroatoms. The monoisotopic (exact) mass is 132 g/mol. The van der Waals surface area contributed by atoms with Gasteiger partial charge >= 0.3 is 5.97 Å². The zero-order chi connectivity index (χ0) is 7.28. The number of aliphatic hydroxyl groups is 1. The number of carbonyl (C=O) groups excluding carboxylic acids is 2. The van der Waals surface area contributed by atoms with Crippen molar-refractivity contribution in [2.24, 2.45) is 0 Å². The quantitative estimate of drug-likeness (QED) is 0.399. The van der Waals surface area contributed by atoms with E-state index in [-0.39, 0.29) is 6.61 Å². The van der Waals surface area contributed by atoms with E-state index in [4.69, 9.17) is 5.11 Å². The van der Waals surface area contributed by atoms with E-state index in [9.17, 15) is 9.59 Å². The van der Waals surface area contributed by atoms with Crippen LogP contribution in [-0.2, 0) is 14.3 Å². The molecule has 0 fully saturated rings. The van der Waals surface area contributed by atoms with E-state index < -0.39 is 12.1 Å². The van der Waals surface area contributed by atoms with Gasteiger partial charge in [-0.15, -0.1) is 0 Å². The van der Waals surface area contributed by atoms with Gasteiger partial charge in [0.1, 0.15) is 12.7 Å². The molecule has 0 aromatic rings. The highest BCUT2D eigenvalue weighted by atomic mass is 16.5. The molecule has 0 bridgehead atoms. The second kappa shape index (κ2) is 4.03. The number of aliphatic hydroxyl groups excluding tert-OH is 1. The molecule has 0 aliphatic heterocycles. The van der Waals surface area contributed by atoms with Crippen LogP contribution in [-0.4, -0.2) is 30.1 Å². The Bertz CT molecular complexity index is 110. The minimum atomic E-state index is -1.19. The minimum Gasteiger partial charge on any atom is -0.463 e. The van der Waals surface area contributed by atoms with Crippen molar-refractivity contribution < 1.29 is 19.4 Å². The number of carbonyl (C=O) groups is 2. The van der Waals surface area contributed by atoms with Gasteiger partial charge in [-0.2, -0.15) is 0 Å². The normalized spacial score (nSPS) is 12.2. The van der Waals surface area contributed by atoms with Crippen molar-refractivity contribution in [1.29, 1.82) is 0 Å². The molecule has 0 aromatic heterocycles. The van der Waals surface area contributed by atoms with Crippen molar-refractivity contribution in [3.05, 3.63) is 0 Å². The fraction of sp³-hybridized carbons (Fsp3) is 0.600. The van der Waals surface area contributed by atoms with E-state index >= 15 is 0 Å². The Kier molecular flexibility index (Phi) is 3.62. The number of aldehydes is 1. The summed E-state index contributed by atoms with van der Waals surface area (Å²) in [5.74, 6) is -0.504. The maximum Gasteiger partial charge on any atom is 0.302 e. The van der Waals surface area contributed by atoms with Crippen LogP contribution in [0.15, 0.2) is 0 Å². The fourth-order valence-corrected chi connectivity index (χ4v) is 0.242. The van der Waals surface area contributed by atoms with Crippen LogP contribution < -0.4 is 0 Å². The molecule has 4 nitrogen and oxygen atoms in total. The molecule has 0 aliphatic carbocycles. The first-order chi connectivity index (χ1) is 4.16. The van der Waals surface area contributed by atoms with Crippen LogP contribution >= 0.6 is 0 Å². The van der Waals surface area contributed by atoms with Crippen LogP contribution in [0.5, 0.6) is 0 Å². The van der Waals surface area contributed by atoms with Crippen LogP contribution in [0.3, 0.4) is 0 Å². The summed E-state index contributed by atoms with van der Waals surface area (Å²) >= 11 is 0. The van der Waals surface area contributed by atoms with Crippen molar-refractivity contribution >= 4 is 12.3 Å². The highest BCUT2D eigenvalue weighted by molar-refractivity contribution is 5.66. The van der Waals surface area contributed by atoms with Gasteiger partial charge in [-0.1, -0.05) is 0 Å². The Morgan fingerprint density at radius 1 is 1.89 bits per heavy atom. The molecule has 0 saturated heterocycles. The lowest BCUT2D eigenvalue weighted by molar-refractivity contribution is -0.144. The summed E-state index contributed by atoms with van der Waals surface area (Å²) in [7, 11) is 0. The lowest BCUT2D eigenvalue weighted by Crippen LogP contribution is -2.18. The number of esters is 1. The van der Waals surface area contributed by atoms with Crippen molar-refractivity contribution in [2.75, 3.05) is 6.61 Å². The molecule has 1 N–H and O–H groups in total. The predicted molar refractivity (Wildman–Crippen MR) is 28.7 cm³/mol. The van der Waals surface area contributed by atoms with E-state index in [1.807, 2.05) is 0 Å². The van der Waals surface area contributed by atoms with E-state index in [2.05, 4.69) is 4.74 Å². The summed E-state index contributed by atoms with van der Waals surface area (Å²) in [6, 6.07) is 0. The molecule has 0 heterocycles. The van der Waals surface area contributed by atoms with Gasteiger partial charge in [0.25, 0.3) is 0 Å². The number of ether oxygens (including phenoxy) is 1. The van der Waals surface area contributed by atoms with Crippen molar-refractivity contribution in [3.8, 4) is 0 Å². The minimum absolute atomic E-state index is 0.251. The Labute approximate surface area is 52.4 Å². The van der Waals surface area contributed by atoms with Crippen LogP contribution in [0.25, 0.3) is 0 Å². The SMILES string of the molecule is CC(=O)OCC(O)C=O. The van der Waals surface area contributed by atoms with Crippen LogP contribution in [0.1, 0.15) is 6.92 Å². The highest BCUT2D eigenvalue weighted by Gasteiger charge is 2.01. The first kappa shape index (κ1) is 8.10. The lowest BCUT2D eigenvalue weighted by Gasteiger charge is -2.00. The van der Waals surface area contributed by atoms with Gasteiger partial charge in [-0.05, 0) is 0 Å². The summed E-state index contributed by atoms with van der Waals surface area (Å²) in [4.78, 5) is 19.7. The third-order valence-corrected chi connectivity index (χ3v) is 0.614. The molecule has 0 aliphatic rings. The Morgan fingerprint density at radius 2 is 2.44 bits per heavy atom. The molecule has 0 spiro atoms. The maximum atomic E-state index is 10.0. The average Bonchev–Trinajstić information content (AvgIpc) is 1.83. The molecule has 1 atom stereocenters. The van der Waals surface area contributed by atoms with Gasteiger partial charge in [0.15, 0.2) is 6.29 Å². The molecule has 1 unspecified atom stereocenters. The molecule has 0 amide bonds. The maximum absolute atomic E-state index is 10.0. The Morgan fingerprint density at radius 3 is 2.78 bits per heavy atom. The summed E-state index contributed by atoms with van der Waals surface area (Å²) in [6.07, 6.45) is -0.878. The molecule has 0 saturated carbocycles. The highest BCUT2D eigenvalue weighted by Crippen LogP contribution is 1.80. The molecular weight excluding hydrogens is 124 g/mol. The van der Waals surface area contributed by atoms with Gasteiger partial charge in [0.05, 0.1) is 0 Å². The second-order valence-corrected chi connectivity index (χ2v) is 1.51. The zero-order valence-corrected chi connectivity index (χ0v) is 5.03. The van der Waals surface area contributed by atoms with E-state index in [1.165, 1.54) is 6.92 Å². The van der Waals surface area contributed by atoms with Gasteiger partial charge < -0.3 is 14.6 Å². The lowest BCUT2D eigenvalue weighted by atomic mass is 10.4. The molecule has 0 rings (SSSR count). The molecule has 0 aromatic carbocycles. The molecule has 9 heavy (non-hydrogen) atoms. The summed E-state index contributed by atoms with van der Waals surface area (Å²) in [5.41, 5.74) is 0. The smallest absolute Gasteiger partial charge is 0.302 e. The van der Waals surface area contributed by atoms with E-state index in [1.54, 1.807) is 0 Å². The van der Waals surface area contributed by atoms with Gasteiger partial charge in [-0.3, -0.25) is 4.79 Å². The number of hydrogen-bond acceptors (Lipinski definition) is 4. The van der Waals surface area contributed by atoms with Crippen LogP contribution in [0, 0.1) is 0 Å². The van der Waals surface area contributed by atoms with Crippen molar-refractivity contribution in [3.63, 3.8) is 0 Å². The first-order valence-electron chi connectivity index (χ1n) is 2.43. The van der Waals surface area contributed by atoms with Gasteiger partial charge in [0.2, 0.25) is 0 Å². The van der Waals surface area contributed by atoms with E-state index in [0.29, 0.717) is 6.29 Å². The van der Waals surface area contributed by atoms with Crippen LogP contribution in [0.2, 0.25) is 0 Å². The number of rotatable bonds is 3. The largest absolute Gasteiger partial charge is 0.463 e. The van der Waals surface area contributed by atoms with E-state index in [0.717, 1.165) is 0 Å². The summed E-state index contributed by atoms with van der Waals surface area (Å²) in [5, 5.41) is 8.46. The molecular formula is C5H8O4. The summed E-state index contributed by atoms with van der Waals surface area (Å²) in [6.45, 7) is 0.955. The predicted octanol–water partition coefficient (Wildman–Crippen LogP) is -0.891. The second-order valence-electron chi connectivity index (χ2n) is 1.51. The van der Waals surface area contributed by atoms with Crippen molar-refractivity contribution in [2.45, 2.75) is 13.0 Å². The Hall–Kier alpha value is -0.900. The third kappa shape index (κ3) is 4.96. The molecule has 0 radical (unpaired) electrons. The fourth-order valence-electron chi connectivity index (χ4n) is 0.242. The molecule has 52 valence electrons. The van der Waals surface area contributed by atoms with Gasteiger partial charge in [0, 0.05) is 6.92 Å². The van der Waals surface area contributed by atoms with Crippen LogP contribution in [0.4, 0.5) is 0 Å².